The molecule has 0 bridgehead atoms. The number of hydrogen-bond donors (Lipinski definition) is 1. The molecule has 4 heteroatoms. The first-order valence-electron chi connectivity index (χ1n) is 7.19. The zero-order valence-electron chi connectivity index (χ0n) is 12.4. The van der Waals surface area contributed by atoms with Gasteiger partial charge in [0.2, 0.25) is 0 Å². The van der Waals surface area contributed by atoms with Crippen molar-refractivity contribution in [3.63, 3.8) is 0 Å². The van der Waals surface area contributed by atoms with Crippen LogP contribution in [-0.2, 0) is 6.42 Å². The van der Waals surface area contributed by atoms with E-state index < -0.39 is 0 Å². The number of nitrogens with zero attached hydrogens (tertiary/aromatic N) is 1. The van der Waals surface area contributed by atoms with E-state index in [1.54, 1.807) is 12.4 Å². The van der Waals surface area contributed by atoms with E-state index in [2.05, 4.69) is 30.2 Å². The number of aromatic nitrogens is 1. The molecule has 2 nitrogen and oxygen atoms in total. The molecule has 1 heterocycles. The minimum atomic E-state index is 0.197. The van der Waals surface area contributed by atoms with Crippen LogP contribution >= 0.6 is 23.2 Å². The normalized spacial score (nSPS) is 12.4. The molecule has 0 amide bonds. The molecule has 1 unspecified atom stereocenters. The van der Waals surface area contributed by atoms with Crippen LogP contribution in [-0.4, -0.2) is 11.5 Å². The van der Waals surface area contributed by atoms with Crippen molar-refractivity contribution in [3.8, 4) is 0 Å². The van der Waals surface area contributed by atoms with E-state index in [1.807, 2.05) is 18.2 Å². The molecule has 0 spiro atoms. The number of pyridine rings is 1. The number of rotatable bonds is 6. The Morgan fingerprint density at radius 1 is 1.24 bits per heavy atom. The van der Waals surface area contributed by atoms with Gasteiger partial charge < -0.3 is 5.32 Å². The number of benzene rings is 1. The number of aryl methyl sites for hydroxylation is 1. The van der Waals surface area contributed by atoms with E-state index >= 15 is 0 Å². The standard InChI is InChI=1S/C17H20Cl2N2/c1-3-5-21-17(10-13-4-6-20-11-16(13)19)14-7-12(2)8-15(18)9-14/h4,6-9,11,17,21H,3,5,10H2,1-2H3. The van der Waals surface area contributed by atoms with Crippen LogP contribution in [0.15, 0.2) is 36.7 Å². The van der Waals surface area contributed by atoms with Crippen LogP contribution < -0.4 is 5.32 Å². The third-order valence-corrected chi connectivity index (χ3v) is 3.95. The van der Waals surface area contributed by atoms with E-state index in [1.165, 1.54) is 11.1 Å². The van der Waals surface area contributed by atoms with Crippen LogP contribution in [0.5, 0.6) is 0 Å². The van der Waals surface area contributed by atoms with Crippen molar-refractivity contribution < 1.29 is 0 Å². The van der Waals surface area contributed by atoms with Gasteiger partial charge in [0.1, 0.15) is 0 Å². The summed E-state index contributed by atoms with van der Waals surface area (Å²) in [5.41, 5.74) is 3.46. The average Bonchev–Trinajstić information content (AvgIpc) is 2.44. The van der Waals surface area contributed by atoms with Gasteiger partial charge in [-0.05, 0) is 61.2 Å². The highest BCUT2D eigenvalue weighted by Gasteiger charge is 2.14. The van der Waals surface area contributed by atoms with Gasteiger partial charge in [0.05, 0.1) is 5.02 Å². The SMILES string of the molecule is CCCNC(Cc1ccncc1Cl)c1cc(C)cc(Cl)c1. The fraction of sp³-hybridized carbons (Fsp3) is 0.353. The summed E-state index contributed by atoms with van der Waals surface area (Å²) in [4.78, 5) is 4.04. The minimum Gasteiger partial charge on any atom is -0.310 e. The molecule has 0 saturated carbocycles. The zero-order valence-corrected chi connectivity index (χ0v) is 13.9. The van der Waals surface area contributed by atoms with Crippen molar-refractivity contribution in [2.45, 2.75) is 32.7 Å². The monoisotopic (exact) mass is 322 g/mol. The van der Waals surface area contributed by atoms with Crippen molar-refractivity contribution in [2.75, 3.05) is 6.54 Å². The summed E-state index contributed by atoms with van der Waals surface area (Å²) in [5.74, 6) is 0. The number of nitrogens with one attached hydrogen (secondary N) is 1. The lowest BCUT2D eigenvalue weighted by molar-refractivity contribution is 0.529. The van der Waals surface area contributed by atoms with Crippen LogP contribution in [0.3, 0.4) is 0 Å². The summed E-state index contributed by atoms with van der Waals surface area (Å²) >= 11 is 12.4. The lowest BCUT2D eigenvalue weighted by Gasteiger charge is -2.20. The molecule has 0 aliphatic carbocycles. The molecular formula is C17H20Cl2N2. The van der Waals surface area contributed by atoms with Crippen molar-refractivity contribution in [1.29, 1.82) is 0 Å². The molecule has 0 aliphatic heterocycles. The second-order valence-corrected chi connectivity index (χ2v) is 6.08. The first kappa shape index (κ1) is 16.3. The van der Waals surface area contributed by atoms with Gasteiger partial charge in [0, 0.05) is 23.5 Å². The summed E-state index contributed by atoms with van der Waals surface area (Å²) in [6, 6.07) is 8.34. The number of hydrogen-bond acceptors (Lipinski definition) is 2. The Morgan fingerprint density at radius 3 is 2.71 bits per heavy atom. The van der Waals surface area contributed by atoms with Crippen LogP contribution in [0.25, 0.3) is 0 Å². The summed E-state index contributed by atoms with van der Waals surface area (Å²) in [6.07, 6.45) is 5.37. The first-order valence-corrected chi connectivity index (χ1v) is 7.94. The first-order chi connectivity index (χ1) is 10.1. The molecular weight excluding hydrogens is 303 g/mol. The molecule has 112 valence electrons. The van der Waals surface area contributed by atoms with Gasteiger partial charge in [-0.2, -0.15) is 0 Å². The predicted molar refractivity (Wildman–Crippen MR) is 90.2 cm³/mol. The summed E-state index contributed by atoms with van der Waals surface area (Å²) in [5, 5.41) is 5.06. The fourth-order valence-electron chi connectivity index (χ4n) is 2.38. The van der Waals surface area contributed by atoms with Gasteiger partial charge in [-0.25, -0.2) is 0 Å². The van der Waals surface area contributed by atoms with Crippen molar-refractivity contribution in [3.05, 3.63) is 63.4 Å². The maximum atomic E-state index is 6.24. The predicted octanol–water partition coefficient (Wildman–Crippen LogP) is 4.98. The summed E-state index contributed by atoms with van der Waals surface area (Å²) < 4.78 is 0. The van der Waals surface area contributed by atoms with E-state index in [9.17, 15) is 0 Å². The molecule has 0 aliphatic rings. The van der Waals surface area contributed by atoms with E-state index in [0.717, 1.165) is 30.0 Å². The molecule has 2 rings (SSSR count). The highest BCUT2D eigenvalue weighted by Crippen LogP contribution is 2.26. The molecule has 0 radical (unpaired) electrons. The molecule has 1 aromatic heterocycles. The lowest BCUT2D eigenvalue weighted by Crippen LogP contribution is -2.24. The van der Waals surface area contributed by atoms with Gasteiger partial charge in [0.25, 0.3) is 0 Å². The van der Waals surface area contributed by atoms with Crippen molar-refractivity contribution >= 4 is 23.2 Å². The number of halogens is 2. The summed E-state index contributed by atoms with van der Waals surface area (Å²) in [7, 11) is 0. The summed E-state index contributed by atoms with van der Waals surface area (Å²) in [6.45, 7) is 5.18. The topological polar surface area (TPSA) is 24.9 Å². The Morgan fingerprint density at radius 2 is 2.05 bits per heavy atom. The van der Waals surface area contributed by atoms with Gasteiger partial charge in [-0.1, -0.05) is 36.2 Å². The molecule has 21 heavy (non-hydrogen) atoms. The molecule has 2 aromatic rings. The van der Waals surface area contributed by atoms with Crippen LogP contribution in [0, 0.1) is 6.92 Å². The van der Waals surface area contributed by atoms with Gasteiger partial charge in [0.15, 0.2) is 0 Å². The average molecular weight is 323 g/mol. The second-order valence-electron chi connectivity index (χ2n) is 5.24. The Labute approximate surface area is 136 Å². The highest BCUT2D eigenvalue weighted by atomic mass is 35.5. The Balaban J connectivity index is 2.27. The lowest BCUT2D eigenvalue weighted by atomic mass is 9.98. The molecule has 1 aromatic carbocycles. The van der Waals surface area contributed by atoms with Crippen molar-refractivity contribution in [1.82, 2.24) is 10.3 Å². The minimum absolute atomic E-state index is 0.197. The van der Waals surface area contributed by atoms with Crippen LogP contribution in [0.2, 0.25) is 10.0 Å². The van der Waals surface area contributed by atoms with Gasteiger partial charge in [-0.15, -0.1) is 0 Å². The maximum absolute atomic E-state index is 6.24. The van der Waals surface area contributed by atoms with Gasteiger partial charge in [-0.3, -0.25) is 4.98 Å². The fourth-order valence-corrected chi connectivity index (χ4v) is 2.88. The maximum Gasteiger partial charge on any atom is 0.0622 e. The third kappa shape index (κ3) is 4.70. The Bertz CT molecular complexity index is 579. The molecule has 0 fully saturated rings. The molecule has 0 saturated heterocycles. The van der Waals surface area contributed by atoms with Gasteiger partial charge >= 0.3 is 0 Å². The van der Waals surface area contributed by atoms with Crippen molar-refractivity contribution in [2.24, 2.45) is 0 Å². The Hall–Kier alpha value is -1.09. The molecule has 1 atom stereocenters. The smallest absolute Gasteiger partial charge is 0.0622 e. The van der Waals surface area contributed by atoms with E-state index in [0.29, 0.717) is 5.02 Å². The third-order valence-electron chi connectivity index (χ3n) is 3.39. The van der Waals surface area contributed by atoms with E-state index in [4.69, 9.17) is 23.2 Å². The van der Waals surface area contributed by atoms with Crippen LogP contribution in [0.4, 0.5) is 0 Å². The largest absolute Gasteiger partial charge is 0.310 e. The quantitative estimate of drug-likeness (QED) is 0.811. The zero-order chi connectivity index (χ0) is 15.2. The highest BCUT2D eigenvalue weighted by molar-refractivity contribution is 6.31. The van der Waals surface area contributed by atoms with Crippen LogP contribution in [0.1, 0.15) is 36.1 Å². The molecule has 1 N–H and O–H groups in total. The second kappa shape index (κ2) is 7.79. The van der Waals surface area contributed by atoms with E-state index in [-0.39, 0.29) is 6.04 Å². The Kier molecular flexibility index (Phi) is 6.04.